The third-order valence-corrected chi connectivity index (χ3v) is 6.16. The highest BCUT2D eigenvalue weighted by atomic mass is 16.6. The lowest BCUT2D eigenvalue weighted by Crippen LogP contribution is -2.46. The lowest BCUT2D eigenvalue weighted by atomic mass is 10.00. The highest BCUT2D eigenvalue weighted by Gasteiger charge is 2.46. The zero-order valence-electron chi connectivity index (χ0n) is 20.8. The van der Waals surface area contributed by atoms with Crippen molar-refractivity contribution in [3.8, 4) is 0 Å². The Morgan fingerprint density at radius 3 is 2.28 bits per heavy atom. The van der Waals surface area contributed by atoms with E-state index in [4.69, 9.17) is 4.74 Å². The third kappa shape index (κ3) is 5.74. The quantitative estimate of drug-likeness (QED) is 0.462. The number of cyclic esters (lactones) is 1. The van der Waals surface area contributed by atoms with Crippen LogP contribution < -0.4 is 10.6 Å². The van der Waals surface area contributed by atoms with Crippen LogP contribution in [0.2, 0.25) is 0 Å². The van der Waals surface area contributed by atoms with E-state index in [1.54, 1.807) is 36.4 Å². The van der Waals surface area contributed by atoms with Crippen molar-refractivity contribution in [1.82, 2.24) is 10.2 Å². The van der Waals surface area contributed by atoms with Crippen molar-refractivity contribution in [1.29, 1.82) is 0 Å². The number of carbonyl (C=O) groups excluding carboxylic acids is 3. The van der Waals surface area contributed by atoms with Gasteiger partial charge in [-0.2, -0.15) is 0 Å². The number of hydrogen-bond acceptors (Lipinski definition) is 4. The minimum absolute atomic E-state index is 0.242. The standard InChI is InChI=1S/C29H31N3O4/c1-4-16-30-28(34)25-26(36-29(35)32(25)18-21-12-8-19(2)9-13-21)23-6-5-7-24(17-23)31-27(33)22-14-10-20(3)11-15-22/h5-15,17,25-26H,4,16,18H2,1-3H3,(H,30,34)(H,31,33)/t25-,26+/m0/s1. The summed E-state index contributed by atoms with van der Waals surface area (Å²) in [4.78, 5) is 40.3. The van der Waals surface area contributed by atoms with E-state index in [1.165, 1.54) is 4.90 Å². The Kier molecular flexibility index (Phi) is 7.68. The number of amides is 3. The molecule has 36 heavy (non-hydrogen) atoms. The fourth-order valence-corrected chi connectivity index (χ4v) is 4.15. The molecule has 2 atom stereocenters. The van der Waals surface area contributed by atoms with Gasteiger partial charge in [0.15, 0.2) is 12.1 Å². The molecule has 0 bridgehead atoms. The first-order chi connectivity index (χ1) is 17.4. The summed E-state index contributed by atoms with van der Waals surface area (Å²) in [7, 11) is 0. The Labute approximate surface area is 211 Å². The molecule has 1 fully saturated rings. The number of rotatable bonds is 8. The van der Waals surface area contributed by atoms with Crippen LogP contribution in [0.3, 0.4) is 0 Å². The highest BCUT2D eigenvalue weighted by Crippen LogP contribution is 2.35. The maximum Gasteiger partial charge on any atom is 0.411 e. The van der Waals surface area contributed by atoms with Gasteiger partial charge in [-0.05, 0) is 55.7 Å². The van der Waals surface area contributed by atoms with Gasteiger partial charge in [0.2, 0.25) is 5.91 Å². The molecule has 0 radical (unpaired) electrons. The Hall–Kier alpha value is -4.13. The van der Waals surface area contributed by atoms with Crippen LogP contribution in [-0.4, -0.2) is 35.4 Å². The minimum Gasteiger partial charge on any atom is -0.438 e. The fraction of sp³-hybridized carbons (Fsp3) is 0.276. The molecule has 1 heterocycles. The van der Waals surface area contributed by atoms with Crippen LogP contribution in [0.25, 0.3) is 0 Å². The normalized spacial score (nSPS) is 17.0. The number of hydrogen-bond donors (Lipinski definition) is 2. The van der Waals surface area contributed by atoms with Crippen molar-refractivity contribution in [3.05, 3.63) is 101 Å². The van der Waals surface area contributed by atoms with Crippen LogP contribution >= 0.6 is 0 Å². The van der Waals surface area contributed by atoms with Gasteiger partial charge >= 0.3 is 6.09 Å². The average Bonchev–Trinajstić information content (AvgIpc) is 3.20. The van der Waals surface area contributed by atoms with E-state index in [2.05, 4.69) is 10.6 Å². The molecule has 7 nitrogen and oxygen atoms in total. The first-order valence-electron chi connectivity index (χ1n) is 12.1. The second-order valence-electron chi connectivity index (χ2n) is 9.10. The maximum absolute atomic E-state index is 13.2. The molecule has 0 aliphatic carbocycles. The average molecular weight is 486 g/mol. The van der Waals surface area contributed by atoms with Gasteiger partial charge in [0.25, 0.3) is 5.91 Å². The molecule has 3 aromatic rings. The summed E-state index contributed by atoms with van der Waals surface area (Å²) in [5.41, 5.74) is 4.82. The van der Waals surface area contributed by atoms with E-state index in [-0.39, 0.29) is 18.4 Å². The predicted octanol–water partition coefficient (Wildman–Crippen LogP) is 5.14. The molecule has 0 unspecified atom stereocenters. The summed E-state index contributed by atoms with van der Waals surface area (Å²) < 4.78 is 5.74. The largest absolute Gasteiger partial charge is 0.438 e. The number of aryl methyl sites for hydroxylation is 2. The Balaban J connectivity index is 1.59. The maximum atomic E-state index is 13.2. The molecular weight excluding hydrogens is 454 g/mol. The second-order valence-corrected chi connectivity index (χ2v) is 9.10. The lowest BCUT2D eigenvalue weighted by molar-refractivity contribution is -0.126. The molecule has 3 amide bonds. The van der Waals surface area contributed by atoms with Crippen LogP contribution in [0.1, 0.15) is 52.1 Å². The summed E-state index contributed by atoms with van der Waals surface area (Å²) in [6.45, 7) is 6.68. The summed E-state index contributed by atoms with van der Waals surface area (Å²) in [5.74, 6) is -0.511. The molecule has 0 aromatic heterocycles. The topological polar surface area (TPSA) is 87.7 Å². The summed E-state index contributed by atoms with van der Waals surface area (Å²) in [6, 6.07) is 21.4. The predicted molar refractivity (Wildman–Crippen MR) is 139 cm³/mol. The van der Waals surface area contributed by atoms with E-state index in [9.17, 15) is 14.4 Å². The Morgan fingerprint density at radius 1 is 0.944 bits per heavy atom. The first kappa shape index (κ1) is 25.0. The minimum atomic E-state index is -0.839. The van der Waals surface area contributed by atoms with Crippen LogP contribution in [-0.2, 0) is 16.1 Å². The van der Waals surface area contributed by atoms with E-state index in [0.717, 1.165) is 23.1 Å². The smallest absolute Gasteiger partial charge is 0.411 e. The van der Waals surface area contributed by atoms with Gasteiger partial charge in [0.05, 0.1) is 6.54 Å². The van der Waals surface area contributed by atoms with Gasteiger partial charge in [-0.25, -0.2) is 4.79 Å². The van der Waals surface area contributed by atoms with Gasteiger partial charge in [-0.3, -0.25) is 14.5 Å². The van der Waals surface area contributed by atoms with Crippen molar-refractivity contribution in [3.63, 3.8) is 0 Å². The van der Waals surface area contributed by atoms with Gasteiger partial charge in [0.1, 0.15) is 0 Å². The van der Waals surface area contributed by atoms with Gasteiger partial charge in [-0.1, -0.05) is 66.6 Å². The Bertz CT molecular complexity index is 1240. The molecular formula is C29H31N3O4. The number of carbonyl (C=O) groups is 3. The molecule has 7 heteroatoms. The second kappa shape index (κ2) is 11.1. The SMILES string of the molecule is CCCNC(=O)[C@@H]1[C@@H](c2cccc(NC(=O)c3ccc(C)cc3)c2)OC(=O)N1Cc1ccc(C)cc1. The van der Waals surface area contributed by atoms with Gasteiger partial charge in [-0.15, -0.1) is 0 Å². The molecule has 186 valence electrons. The van der Waals surface area contributed by atoms with E-state index >= 15 is 0 Å². The van der Waals surface area contributed by atoms with E-state index < -0.39 is 18.2 Å². The van der Waals surface area contributed by atoms with Crippen molar-refractivity contribution in [2.24, 2.45) is 0 Å². The van der Waals surface area contributed by atoms with Crippen molar-refractivity contribution < 1.29 is 19.1 Å². The number of anilines is 1. The van der Waals surface area contributed by atoms with E-state index in [0.29, 0.717) is 23.4 Å². The first-order valence-corrected chi connectivity index (χ1v) is 12.1. The van der Waals surface area contributed by atoms with Crippen LogP contribution in [0.4, 0.5) is 10.5 Å². The zero-order valence-corrected chi connectivity index (χ0v) is 20.8. The molecule has 1 saturated heterocycles. The zero-order chi connectivity index (χ0) is 25.7. The van der Waals surface area contributed by atoms with Crippen molar-refractivity contribution in [2.45, 2.75) is 45.9 Å². The molecule has 1 aliphatic rings. The molecule has 1 aliphatic heterocycles. The molecule has 0 saturated carbocycles. The van der Waals surface area contributed by atoms with Gasteiger partial charge in [0, 0.05) is 17.8 Å². The Morgan fingerprint density at radius 2 is 1.61 bits per heavy atom. The fourth-order valence-electron chi connectivity index (χ4n) is 4.15. The lowest BCUT2D eigenvalue weighted by Gasteiger charge is -2.24. The monoisotopic (exact) mass is 485 g/mol. The van der Waals surface area contributed by atoms with Gasteiger partial charge < -0.3 is 15.4 Å². The van der Waals surface area contributed by atoms with E-state index in [1.807, 2.05) is 57.2 Å². The van der Waals surface area contributed by atoms with Crippen LogP contribution in [0, 0.1) is 13.8 Å². The molecule has 0 spiro atoms. The summed E-state index contributed by atoms with van der Waals surface area (Å²) in [6.07, 6.45) is -0.585. The van der Waals surface area contributed by atoms with Crippen molar-refractivity contribution >= 4 is 23.6 Å². The summed E-state index contributed by atoms with van der Waals surface area (Å²) in [5, 5.41) is 5.80. The van der Waals surface area contributed by atoms with Crippen LogP contribution in [0.5, 0.6) is 0 Å². The number of benzene rings is 3. The molecule has 4 rings (SSSR count). The number of ether oxygens (including phenoxy) is 1. The summed E-state index contributed by atoms with van der Waals surface area (Å²) >= 11 is 0. The number of nitrogens with one attached hydrogen (secondary N) is 2. The molecule has 2 N–H and O–H groups in total. The highest BCUT2D eigenvalue weighted by molar-refractivity contribution is 6.04. The number of nitrogens with zero attached hydrogens (tertiary/aromatic N) is 1. The molecule has 3 aromatic carbocycles. The van der Waals surface area contributed by atoms with Crippen LogP contribution in [0.15, 0.2) is 72.8 Å². The third-order valence-electron chi connectivity index (χ3n) is 6.16. The van der Waals surface area contributed by atoms with Crippen molar-refractivity contribution in [2.75, 3.05) is 11.9 Å².